The number of aliphatic hydroxyl groups excluding tert-OH is 1. The minimum Gasteiger partial charge on any atom is -0.391 e. The number of carbonyl (C=O) groups excluding carboxylic acids is 1. The molecule has 17 heavy (non-hydrogen) atoms. The first-order valence-corrected chi connectivity index (χ1v) is 5.42. The number of ether oxygens (including phenoxy) is 1. The summed E-state index contributed by atoms with van der Waals surface area (Å²) < 4.78 is 10.0. The maximum atomic E-state index is 11.6. The average Bonchev–Trinajstić information content (AvgIpc) is 2.67. The molecule has 2 amide bonds. The lowest BCUT2D eigenvalue weighted by Crippen LogP contribution is -2.50. The minimum absolute atomic E-state index is 0.270. The van der Waals surface area contributed by atoms with Crippen molar-refractivity contribution in [3.8, 4) is 0 Å². The first-order chi connectivity index (χ1) is 8.15. The Bertz CT molecular complexity index is 393. The van der Waals surface area contributed by atoms with Crippen molar-refractivity contribution in [2.75, 3.05) is 18.5 Å². The Kier molecular flexibility index (Phi) is 3.60. The topological polar surface area (TPSA) is 96.6 Å². The lowest BCUT2D eigenvalue weighted by molar-refractivity contribution is -0.0113. The number of nitrogens with zero attached hydrogens (tertiary/aromatic N) is 1. The van der Waals surface area contributed by atoms with Crippen LogP contribution in [-0.2, 0) is 4.74 Å². The molecule has 1 aliphatic rings. The first kappa shape index (κ1) is 11.9. The van der Waals surface area contributed by atoms with Gasteiger partial charge >= 0.3 is 6.03 Å². The van der Waals surface area contributed by atoms with Crippen molar-refractivity contribution in [2.45, 2.75) is 25.5 Å². The van der Waals surface area contributed by atoms with Gasteiger partial charge in [0, 0.05) is 12.7 Å². The molecule has 2 atom stereocenters. The Morgan fingerprint density at radius 3 is 3.12 bits per heavy atom. The highest BCUT2D eigenvalue weighted by Gasteiger charge is 2.25. The summed E-state index contributed by atoms with van der Waals surface area (Å²) >= 11 is 0. The second-order valence-electron chi connectivity index (χ2n) is 3.97. The molecule has 2 rings (SSSR count). The van der Waals surface area contributed by atoms with Crippen LogP contribution >= 0.6 is 0 Å². The number of aliphatic hydroxyl groups is 1. The van der Waals surface area contributed by atoms with Crippen molar-refractivity contribution in [1.82, 2.24) is 10.5 Å². The van der Waals surface area contributed by atoms with Gasteiger partial charge in [-0.15, -0.1) is 0 Å². The predicted octanol–water partition coefficient (Wildman–Crippen LogP) is 0.254. The number of aromatic nitrogens is 1. The van der Waals surface area contributed by atoms with Gasteiger partial charge in [0.15, 0.2) is 0 Å². The van der Waals surface area contributed by atoms with Gasteiger partial charge in [-0.05, 0) is 13.3 Å². The minimum atomic E-state index is -0.578. The van der Waals surface area contributed by atoms with Crippen LogP contribution in [0.5, 0.6) is 0 Å². The van der Waals surface area contributed by atoms with Crippen molar-refractivity contribution in [1.29, 1.82) is 0 Å². The van der Waals surface area contributed by atoms with E-state index in [9.17, 15) is 9.90 Å². The van der Waals surface area contributed by atoms with Crippen molar-refractivity contribution in [2.24, 2.45) is 0 Å². The number of carbonyl (C=O) groups is 1. The largest absolute Gasteiger partial charge is 0.391 e. The van der Waals surface area contributed by atoms with Gasteiger partial charge in [-0.3, -0.25) is 5.32 Å². The molecule has 1 aliphatic heterocycles. The Labute approximate surface area is 98.1 Å². The van der Waals surface area contributed by atoms with Crippen LogP contribution in [0.2, 0.25) is 0 Å². The second-order valence-corrected chi connectivity index (χ2v) is 3.97. The molecule has 0 aromatic carbocycles. The Balaban J connectivity index is 1.84. The van der Waals surface area contributed by atoms with Gasteiger partial charge in [-0.1, -0.05) is 5.16 Å². The summed E-state index contributed by atoms with van der Waals surface area (Å²) in [6, 6.07) is 0.761. The highest BCUT2D eigenvalue weighted by Crippen LogP contribution is 2.10. The number of aryl methyl sites for hydroxylation is 1. The maximum Gasteiger partial charge on any atom is 0.322 e. The van der Waals surface area contributed by atoms with E-state index in [-0.39, 0.29) is 5.88 Å². The first-order valence-electron chi connectivity index (χ1n) is 5.42. The lowest BCUT2D eigenvalue weighted by Gasteiger charge is -2.28. The number of amides is 2. The van der Waals surface area contributed by atoms with Gasteiger partial charge in [0.05, 0.1) is 24.4 Å². The van der Waals surface area contributed by atoms with E-state index >= 15 is 0 Å². The van der Waals surface area contributed by atoms with E-state index in [0.717, 1.165) is 0 Å². The summed E-state index contributed by atoms with van der Waals surface area (Å²) in [6.45, 7) is 2.58. The van der Waals surface area contributed by atoms with E-state index < -0.39 is 18.2 Å². The third kappa shape index (κ3) is 3.18. The number of rotatable bonds is 2. The Hall–Kier alpha value is -1.60. The van der Waals surface area contributed by atoms with Gasteiger partial charge in [-0.25, -0.2) is 4.79 Å². The number of anilines is 1. The van der Waals surface area contributed by atoms with Crippen LogP contribution < -0.4 is 10.6 Å². The summed E-state index contributed by atoms with van der Waals surface area (Å²) in [4.78, 5) is 11.6. The van der Waals surface area contributed by atoms with Crippen molar-refractivity contribution in [3.05, 3.63) is 11.8 Å². The zero-order valence-corrected chi connectivity index (χ0v) is 9.47. The number of urea groups is 1. The third-order valence-corrected chi connectivity index (χ3v) is 2.50. The molecule has 1 aromatic heterocycles. The molecule has 0 radical (unpaired) electrons. The zero-order chi connectivity index (χ0) is 12.3. The van der Waals surface area contributed by atoms with Gasteiger partial charge in [0.2, 0.25) is 5.88 Å². The van der Waals surface area contributed by atoms with Crippen LogP contribution in [0.15, 0.2) is 10.6 Å². The molecular formula is C10H15N3O4. The predicted molar refractivity (Wildman–Crippen MR) is 58.6 cm³/mol. The van der Waals surface area contributed by atoms with Crippen LogP contribution in [0.4, 0.5) is 10.7 Å². The fraction of sp³-hybridized carbons (Fsp3) is 0.600. The van der Waals surface area contributed by atoms with E-state index in [1.807, 2.05) is 0 Å². The molecule has 0 saturated carbocycles. The van der Waals surface area contributed by atoms with E-state index in [1.54, 1.807) is 13.0 Å². The summed E-state index contributed by atoms with van der Waals surface area (Å²) in [5, 5.41) is 18.4. The second kappa shape index (κ2) is 5.15. The normalized spacial score (nSPS) is 24.4. The summed E-state index contributed by atoms with van der Waals surface area (Å²) in [7, 11) is 0. The van der Waals surface area contributed by atoms with Crippen LogP contribution in [0.3, 0.4) is 0 Å². The summed E-state index contributed by atoms with van der Waals surface area (Å²) in [5.74, 6) is 0.270. The highest BCUT2D eigenvalue weighted by molar-refractivity contribution is 5.88. The molecular weight excluding hydrogens is 226 g/mol. The molecule has 1 fully saturated rings. The molecule has 0 spiro atoms. The quantitative estimate of drug-likeness (QED) is 0.689. The molecule has 3 N–H and O–H groups in total. The molecule has 7 nitrogen and oxygen atoms in total. The van der Waals surface area contributed by atoms with Crippen molar-refractivity contribution in [3.63, 3.8) is 0 Å². The summed E-state index contributed by atoms with van der Waals surface area (Å²) in [6.07, 6.45) is -0.0576. The lowest BCUT2D eigenvalue weighted by atomic mass is 10.1. The highest BCUT2D eigenvalue weighted by atomic mass is 16.5. The van der Waals surface area contributed by atoms with E-state index in [4.69, 9.17) is 9.26 Å². The van der Waals surface area contributed by atoms with Crippen LogP contribution in [0.1, 0.15) is 12.1 Å². The van der Waals surface area contributed by atoms with Gasteiger partial charge in [-0.2, -0.15) is 0 Å². The van der Waals surface area contributed by atoms with E-state index in [1.165, 1.54) is 0 Å². The molecule has 2 heterocycles. The van der Waals surface area contributed by atoms with Crippen LogP contribution in [-0.4, -0.2) is 41.7 Å². The van der Waals surface area contributed by atoms with Gasteiger partial charge < -0.3 is 19.7 Å². The fourth-order valence-electron chi connectivity index (χ4n) is 1.60. The maximum absolute atomic E-state index is 11.6. The van der Waals surface area contributed by atoms with Crippen LogP contribution in [0, 0.1) is 6.92 Å². The molecule has 1 saturated heterocycles. The van der Waals surface area contributed by atoms with Crippen molar-refractivity contribution >= 4 is 11.9 Å². The SMILES string of the molecule is Cc1cc(NC(=O)N[C@@H]2COCC[C@H]2O)on1. The molecule has 0 bridgehead atoms. The standard InChI is InChI=1S/C10H15N3O4/c1-6-4-9(17-13-6)12-10(15)11-7-5-16-3-2-8(7)14/h4,7-8,14H,2-3,5H2,1H3,(H2,11,12,15)/t7-,8-/m1/s1. The molecule has 0 aliphatic carbocycles. The Morgan fingerprint density at radius 1 is 1.65 bits per heavy atom. The molecule has 94 valence electrons. The molecule has 0 unspecified atom stereocenters. The van der Waals surface area contributed by atoms with Gasteiger partial charge in [0.25, 0.3) is 0 Å². The summed E-state index contributed by atoms with van der Waals surface area (Å²) in [5.41, 5.74) is 0.682. The van der Waals surface area contributed by atoms with E-state index in [0.29, 0.717) is 25.3 Å². The van der Waals surface area contributed by atoms with Crippen molar-refractivity contribution < 1.29 is 19.2 Å². The average molecular weight is 241 g/mol. The molecule has 1 aromatic rings. The van der Waals surface area contributed by atoms with Crippen LogP contribution in [0.25, 0.3) is 0 Å². The number of hydrogen-bond donors (Lipinski definition) is 3. The number of hydrogen-bond acceptors (Lipinski definition) is 5. The van der Waals surface area contributed by atoms with Gasteiger partial charge in [0.1, 0.15) is 0 Å². The third-order valence-electron chi connectivity index (χ3n) is 2.50. The Morgan fingerprint density at radius 2 is 2.47 bits per heavy atom. The molecule has 7 heteroatoms. The number of nitrogens with one attached hydrogen (secondary N) is 2. The van der Waals surface area contributed by atoms with E-state index in [2.05, 4.69) is 15.8 Å². The zero-order valence-electron chi connectivity index (χ0n) is 9.47. The smallest absolute Gasteiger partial charge is 0.322 e. The monoisotopic (exact) mass is 241 g/mol. The fourth-order valence-corrected chi connectivity index (χ4v) is 1.60.